The molecule has 0 rings (SSSR count). The molecule has 3 heteroatoms. The van der Waals surface area contributed by atoms with Crippen molar-refractivity contribution in [2.45, 2.75) is 18.7 Å². The summed E-state index contributed by atoms with van der Waals surface area (Å²) >= 11 is 0. The number of halogens is 1. The Bertz CT molecular complexity index is 147. The normalized spacial score (nSPS) is 11.2. The molecule has 0 aromatic carbocycles. The molecule has 13 heavy (non-hydrogen) atoms. The van der Waals surface area contributed by atoms with Gasteiger partial charge in [-0.15, -0.1) is 13.2 Å². The molecule has 0 aromatic heterocycles. The fraction of sp³-hybridized carbons (Fsp3) is 0.600. The molecular weight excluding hydrogens is 171 g/mol. The van der Waals surface area contributed by atoms with E-state index < -0.39 is 5.85 Å². The maximum atomic E-state index is 13.7. The molecule has 0 saturated carbocycles. The summed E-state index contributed by atoms with van der Waals surface area (Å²) in [4.78, 5) is 0. The highest BCUT2D eigenvalue weighted by molar-refractivity contribution is 4.86. The number of rotatable bonds is 8. The average Bonchev–Trinajstić information content (AvgIpc) is 2.05. The molecule has 0 spiro atoms. The van der Waals surface area contributed by atoms with E-state index in [-0.39, 0.29) is 19.4 Å². The summed E-state index contributed by atoms with van der Waals surface area (Å²) in [5.74, 6) is -1.66. The molecule has 0 saturated heterocycles. The number of hydrogen-bond acceptors (Lipinski definition) is 2. The molecule has 0 bridgehead atoms. The molecule has 2 nitrogen and oxygen atoms in total. The van der Waals surface area contributed by atoms with Crippen molar-refractivity contribution in [3.63, 3.8) is 0 Å². The second-order valence-electron chi connectivity index (χ2n) is 2.71. The first-order valence-corrected chi connectivity index (χ1v) is 4.22. The third-order valence-electron chi connectivity index (χ3n) is 1.55. The fourth-order valence-corrected chi connectivity index (χ4v) is 0.940. The number of alkyl halides is 1. The van der Waals surface area contributed by atoms with Crippen LogP contribution in [0.15, 0.2) is 25.3 Å². The lowest BCUT2D eigenvalue weighted by Crippen LogP contribution is -2.27. The Labute approximate surface area is 79.0 Å². The molecule has 0 atom stereocenters. The lowest BCUT2D eigenvalue weighted by atomic mass is 10.1. The number of hydrogen-bond donors (Lipinski definition) is 0. The minimum atomic E-state index is -1.66. The van der Waals surface area contributed by atoms with E-state index in [1.54, 1.807) is 7.11 Å². The molecule has 0 N–H and O–H groups in total. The summed E-state index contributed by atoms with van der Waals surface area (Å²) in [7, 11) is 1.55. The van der Waals surface area contributed by atoms with Gasteiger partial charge in [-0.25, -0.2) is 4.39 Å². The van der Waals surface area contributed by atoms with Gasteiger partial charge in [0.2, 0.25) is 5.85 Å². The summed E-state index contributed by atoms with van der Waals surface area (Å²) in [6, 6.07) is 0. The Balaban J connectivity index is 3.90. The van der Waals surface area contributed by atoms with Gasteiger partial charge in [0.25, 0.3) is 0 Å². The van der Waals surface area contributed by atoms with Crippen LogP contribution in [-0.2, 0) is 9.47 Å². The molecule has 0 unspecified atom stereocenters. The van der Waals surface area contributed by atoms with Crippen LogP contribution < -0.4 is 0 Å². The Morgan fingerprint density at radius 2 is 1.77 bits per heavy atom. The van der Waals surface area contributed by atoms with Crippen LogP contribution in [0.1, 0.15) is 12.8 Å². The molecule has 0 aliphatic heterocycles. The van der Waals surface area contributed by atoms with E-state index >= 15 is 0 Å². The van der Waals surface area contributed by atoms with Crippen LogP contribution in [0, 0.1) is 0 Å². The van der Waals surface area contributed by atoms with Crippen molar-refractivity contribution in [3.8, 4) is 0 Å². The lowest BCUT2D eigenvalue weighted by molar-refractivity contribution is -0.148. The summed E-state index contributed by atoms with van der Waals surface area (Å²) < 4.78 is 23.5. The number of ether oxygens (including phenoxy) is 2. The predicted molar refractivity (Wildman–Crippen MR) is 51.3 cm³/mol. The van der Waals surface area contributed by atoms with Crippen LogP contribution in [0.4, 0.5) is 4.39 Å². The summed E-state index contributed by atoms with van der Waals surface area (Å²) in [6.07, 6.45) is 3.33. The van der Waals surface area contributed by atoms with Gasteiger partial charge in [0.05, 0.1) is 13.2 Å². The Hall–Kier alpha value is -0.670. The Morgan fingerprint density at radius 3 is 2.15 bits per heavy atom. The molecule has 0 radical (unpaired) electrons. The van der Waals surface area contributed by atoms with Crippen LogP contribution in [0.3, 0.4) is 0 Å². The maximum absolute atomic E-state index is 13.7. The van der Waals surface area contributed by atoms with Gasteiger partial charge in [-0.1, -0.05) is 12.2 Å². The highest BCUT2D eigenvalue weighted by Gasteiger charge is 2.26. The summed E-state index contributed by atoms with van der Waals surface area (Å²) in [5, 5.41) is 0. The highest BCUT2D eigenvalue weighted by Crippen LogP contribution is 2.23. The van der Waals surface area contributed by atoms with Crippen molar-refractivity contribution in [2.75, 3.05) is 20.3 Å². The van der Waals surface area contributed by atoms with Gasteiger partial charge in [-0.05, 0) is 0 Å². The maximum Gasteiger partial charge on any atom is 0.216 e. The van der Waals surface area contributed by atoms with Crippen molar-refractivity contribution in [3.05, 3.63) is 25.3 Å². The zero-order chi connectivity index (χ0) is 10.2. The zero-order valence-electron chi connectivity index (χ0n) is 8.09. The minimum absolute atomic E-state index is 0.169. The van der Waals surface area contributed by atoms with Crippen molar-refractivity contribution in [1.82, 2.24) is 0 Å². The third-order valence-corrected chi connectivity index (χ3v) is 1.55. The van der Waals surface area contributed by atoms with Crippen LogP contribution in [-0.4, -0.2) is 26.2 Å². The predicted octanol–water partition coefficient (Wildman–Crippen LogP) is 2.47. The summed E-state index contributed by atoms with van der Waals surface area (Å²) in [5.41, 5.74) is 0. The van der Waals surface area contributed by atoms with Gasteiger partial charge in [0, 0.05) is 20.0 Å². The summed E-state index contributed by atoms with van der Waals surface area (Å²) in [6.45, 7) is 7.57. The van der Waals surface area contributed by atoms with Crippen molar-refractivity contribution >= 4 is 0 Å². The molecule has 0 aromatic rings. The Kier molecular flexibility index (Phi) is 6.45. The van der Waals surface area contributed by atoms with Crippen molar-refractivity contribution < 1.29 is 13.9 Å². The van der Waals surface area contributed by atoms with Crippen LogP contribution in [0.2, 0.25) is 0 Å². The third kappa shape index (κ3) is 5.55. The largest absolute Gasteiger partial charge is 0.382 e. The molecule has 0 heterocycles. The fourth-order valence-electron chi connectivity index (χ4n) is 0.940. The van der Waals surface area contributed by atoms with E-state index in [4.69, 9.17) is 9.47 Å². The van der Waals surface area contributed by atoms with Gasteiger partial charge in [-0.2, -0.15) is 0 Å². The van der Waals surface area contributed by atoms with Gasteiger partial charge in [0.15, 0.2) is 0 Å². The zero-order valence-corrected chi connectivity index (χ0v) is 8.09. The Morgan fingerprint density at radius 1 is 1.23 bits per heavy atom. The average molecular weight is 188 g/mol. The first-order chi connectivity index (χ1) is 6.18. The first kappa shape index (κ1) is 12.3. The SMILES string of the molecule is C=CCC(F)(CC=C)OCCOC. The van der Waals surface area contributed by atoms with Crippen LogP contribution in [0.5, 0.6) is 0 Å². The van der Waals surface area contributed by atoms with Gasteiger partial charge >= 0.3 is 0 Å². The van der Waals surface area contributed by atoms with Gasteiger partial charge < -0.3 is 9.47 Å². The molecule has 0 fully saturated rings. The lowest BCUT2D eigenvalue weighted by Gasteiger charge is -2.22. The minimum Gasteiger partial charge on any atom is -0.382 e. The molecule has 0 aliphatic carbocycles. The van der Waals surface area contributed by atoms with Crippen LogP contribution >= 0.6 is 0 Å². The van der Waals surface area contributed by atoms with Crippen LogP contribution in [0.25, 0.3) is 0 Å². The quantitative estimate of drug-likeness (QED) is 0.430. The molecule has 0 amide bonds. The smallest absolute Gasteiger partial charge is 0.216 e. The van der Waals surface area contributed by atoms with E-state index in [1.807, 2.05) is 0 Å². The number of methoxy groups -OCH3 is 1. The highest BCUT2D eigenvalue weighted by atomic mass is 19.2. The first-order valence-electron chi connectivity index (χ1n) is 4.22. The van der Waals surface area contributed by atoms with Crippen molar-refractivity contribution in [1.29, 1.82) is 0 Å². The van der Waals surface area contributed by atoms with E-state index in [1.165, 1.54) is 12.2 Å². The molecule has 0 aliphatic rings. The second-order valence-corrected chi connectivity index (χ2v) is 2.71. The van der Waals surface area contributed by atoms with E-state index in [0.717, 1.165) is 0 Å². The topological polar surface area (TPSA) is 18.5 Å². The second kappa shape index (κ2) is 6.80. The standard InChI is InChI=1S/C10H17FO2/c1-4-6-10(11,7-5-2)13-9-8-12-3/h4-5H,1-2,6-9H2,3H3. The van der Waals surface area contributed by atoms with E-state index in [9.17, 15) is 4.39 Å². The molecule has 76 valence electrons. The van der Waals surface area contributed by atoms with E-state index in [2.05, 4.69) is 13.2 Å². The van der Waals surface area contributed by atoms with E-state index in [0.29, 0.717) is 6.61 Å². The van der Waals surface area contributed by atoms with Gasteiger partial charge in [0.1, 0.15) is 0 Å². The van der Waals surface area contributed by atoms with Gasteiger partial charge in [-0.3, -0.25) is 0 Å². The molecular formula is C10H17FO2. The van der Waals surface area contributed by atoms with Crippen molar-refractivity contribution in [2.24, 2.45) is 0 Å². The monoisotopic (exact) mass is 188 g/mol.